The molecule has 0 saturated heterocycles. The maximum absolute atomic E-state index is 12.3. The first-order valence-corrected chi connectivity index (χ1v) is 8.38. The van der Waals surface area contributed by atoms with E-state index in [0.29, 0.717) is 28.0 Å². The van der Waals surface area contributed by atoms with E-state index in [2.05, 4.69) is 15.6 Å². The van der Waals surface area contributed by atoms with Gasteiger partial charge in [-0.05, 0) is 42.0 Å². The van der Waals surface area contributed by atoms with Crippen LogP contribution in [0.15, 0.2) is 66.9 Å². The Bertz CT molecular complexity index is 899. The van der Waals surface area contributed by atoms with Crippen molar-refractivity contribution in [1.82, 2.24) is 4.98 Å². The summed E-state index contributed by atoms with van der Waals surface area (Å²) < 4.78 is 0. The number of hydrogen-bond acceptors (Lipinski definition) is 3. The van der Waals surface area contributed by atoms with Gasteiger partial charge in [-0.25, -0.2) is 0 Å². The molecule has 1 heterocycles. The third-order valence-electron chi connectivity index (χ3n) is 3.52. The number of aromatic nitrogens is 1. The van der Waals surface area contributed by atoms with Crippen LogP contribution in [-0.4, -0.2) is 10.9 Å². The number of anilines is 2. The predicted molar refractivity (Wildman–Crippen MR) is 102 cm³/mol. The molecule has 2 N–H and O–H groups in total. The molecular weight excluding hydrogens is 357 g/mol. The van der Waals surface area contributed by atoms with Gasteiger partial charge in [-0.1, -0.05) is 47.5 Å². The van der Waals surface area contributed by atoms with E-state index >= 15 is 0 Å². The first-order chi connectivity index (χ1) is 12.1. The highest BCUT2D eigenvalue weighted by molar-refractivity contribution is 6.31. The highest BCUT2D eigenvalue weighted by Crippen LogP contribution is 2.18. The number of halogens is 2. The molecule has 1 aromatic heterocycles. The Kier molecular flexibility index (Phi) is 5.53. The van der Waals surface area contributed by atoms with E-state index in [0.717, 1.165) is 11.3 Å². The molecule has 126 valence electrons. The summed E-state index contributed by atoms with van der Waals surface area (Å²) in [5, 5.41) is 7.27. The molecular formula is C19H15Cl2N3O. The molecule has 0 bridgehead atoms. The summed E-state index contributed by atoms with van der Waals surface area (Å²) in [7, 11) is 0. The molecule has 0 atom stereocenters. The van der Waals surface area contributed by atoms with Gasteiger partial charge in [-0.15, -0.1) is 0 Å². The van der Waals surface area contributed by atoms with Crippen LogP contribution in [0.25, 0.3) is 0 Å². The van der Waals surface area contributed by atoms with Gasteiger partial charge >= 0.3 is 0 Å². The highest BCUT2D eigenvalue weighted by Gasteiger charge is 2.09. The lowest BCUT2D eigenvalue weighted by Crippen LogP contribution is -2.14. The van der Waals surface area contributed by atoms with Gasteiger partial charge in [0.1, 0.15) is 5.69 Å². The monoisotopic (exact) mass is 371 g/mol. The van der Waals surface area contributed by atoms with Crippen molar-refractivity contribution < 1.29 is 4.79 Å². The van der Waals surface area contributed by atoms with Crippen LogP contribution in [0.5, 0.6) is 0 Å². The van der Waals surface area contributed by atoms with E-state index in [1.807, 2.05) is 24.3 Å². The quantitative estimate of drug-likeness (QED) is 0.643. The number of carbonyl (C=O) groups excluding carboxylic acids is 1. The largest absolute Gasteiger partial charge is 0.381 e. The molecule has 0 saturated carbocycles. The van der Waals surface area contributed by atoms with Crippen molar-refractivity contribution in [3.8, 4) is 0 Å². The maximum atomic E-state index is 12.3. The molecule has 0 fully saturated rings. The van der Waals surface area contributed by atoms with Gasteiger partial charge < -0.3 is 10.6 Å². The lowest BCUT2D eigenvalue weighted by Gasteiger charge is -2.10. The molecule has 3 aromatic rings. The number of nitrogens with zero attached hydrogens (tertiary/aromatic N) is 1. The minimum Gasteiger partial charge on any atom is -0.381 e. The standard InChI is InChI=1S/C19H15Cl2N3O/c20-14-5-3-6-16(10-14)24-19(25)18-11-15(8-9-22-18)23-12-13-4-1-2-7-17(13)21/h1-11H,12H2,(H,22,23)(H,24,25). The fourth-order valence-corrected chi connectivity index (χ4v) is 2.66. The lowest BCUT2D eigenvalue weighted by atomic mass is 10.2. The van der Waals surface area contributed by atoms with E-state index in [-0.39, 0.29) is 5.91 Å². The van der Waals surface area contributed by atoms with Crippen LogP contribution in [0, 0.1) is 0 Å². The fraction of sp³-hybridized carbons (Fsp3) is 0.0526. The number of benzene rings is 2. The molecule has 4 nitrogen and oxygen atoms in total. The topological polar surface area (TPSA) is 54.0 Å². The van der Waals surface area contributed by atoms with Crippen LogP contribution in [0.4, 0.5) is 11.4 Å². The number of nitrogens with one attached hydrogen (secondary N) is 2. The van der Waals surface area contributed by atoms with E-state index in [9.17, 15) is 4.79 Å². The highest BCUT2D eigenvalue weighted by atomic mass is 35.5. The Labute approximate surface area is 155 Å². The number of pyridine rings is 1. The third-order valence-corrected chi connectivity index (χ3v) is 4.12. The van der Waals surface area contributed by atoms with Gasteiger partial charge in [-0.2, -0.15) is 0 Å². The number of amides is 1. The van der Waals surface area contributed by atoms with E-state index in [1.54, 1.807) is 42.6 Å². The normalized spacial score (nSPS) is 10.3. The van der Waals surface area contributed by atoms with Crippen LogP contribution in [0.3, 0.4) is 0 Å². The lowest BCUT2D eigenvalue weighted by molar-refractivity contribution is 0.102. The summed E-state index contributed by atoms with van der Waals surface area (Å²) in [5.74, 6) is -0.302. The van der Waals surface area contributed by atoms with Gasteiger partial charge in [0.25, 0.3) is 5.91 Å². The molecule has 0 aliphatic carbocycles. The zero-order valence-corrected chi connectivity index (χ0v) is 14.7. The molecule has 1 amide bonds. The molecule has 0 radical (unpaired) electrons. The summed E-state index contributed by atoms with van der Waals surface area (Å²) in [6, 6.07) is 18.1. The number of rotatable bonds is 5. The average molecular weight is 372 g/mol. The van der Waals surface area contributed by atoms with Gasteiger partial charge in [0, 0.05) is 34.2 Å². The summed E-state index contributed by atoms with van der Waals surface area (Å²) >= 11 is 12.1. The molecule has 0 spiro atoms. The third kappa shape index (κ3) is 4.72. The van der Waals surface area contributed by atoms with Gasteiger partial charge in [0.2, 0.25) is 0 Å². The Morgan fingerprint density at radius 3 is 2.60 bits per heavy atom. The Morgan fingerprint density at radius 2 is 1.80 bits per heavy atom. The first-order valence-electron chi connectivity index (χ1n) is 7.62. The minimum atomic E-state index is -0.302. The molecule has 25 heavy (non-hydrogen) atoms. The second-order valence-electron chi connectivity index (χ2n) is 5.34. The second kappa shape index (κ2) is 8.01. The summed E-state index contributed by atoms with van der Waals surface area (Å²) in [6.45, 7) is 0.555. The van der Waals surface area contributed by atoms with E-state index < -0.39 is 0 Å². The Morgan fingerprint density at radius 1 is 0.960 bits per heavy atom. The molecule has 0 unspecified atom stereocenters. The Balaban J connectivity index is 1.68. The van der Waals surface area contributed by atoms with Crippen molar-refractivity contribution in [2.24, 2.45) is 0 Å². The second-order valence-corrected chi connectivity index (χ2v) is 6.18. The number of carbonyl (C=O) groups is 1. The molecule has 2 aromatic carbocycles. The van der Waals surface area contributed by atoms with Crippen molar-refractivity contribution in [3.63, 3.8) is 0 Å². The zero-order chi connectivity index (χ0) is 17.6. The van der Waals surface area contributed by atoms with Gasteiger partial charge in [-0.3, -0.25) is 9.78 Å². The summed E-state index contributed by atoms with van der Waals surface area (Å²) in [5.41, 5.74) is 2.69. The van der Waals surface area contributed by atoms with Crippen molar-refractivity contribution >= 4 is 40.5 Å². The van der Waals surface area contributed by atoms with Gasteiger partial charge in [0.15, 0.2) is 0 Å². The predicted octanol–water partition coefficient (Wildman–Crippen LogP) is 5.25. The Hall–Kier alpha value is -2.56. The van der Waals surface area contributed by atoms with Crippen molar-refractivity contribution in [1.29, 1.82) is 0 Å². The first kappa shape index (κ1) is 17.3. The van der Waals surface area contributed by atoms with Crippen LogP contribution >= 0.6 is 23.2 Å². The summed E-state index contributed by atoms with van der Waals surface area (Å²) in [4.78, 5) is 16.5. The maximum Gasteiger partial charge on any atom is 0.274 e. The van der Waals surface area contributed by atoms with Crippen LogP contribution in [-0.2, 0) is 6.54 Å². The zero-order valence-electron chi connectivity index (χ0n) is 13.2. The molecule has 0 aliphatic heterocycles. The molecule has 3 rings (SSSR count). The number of hydrogen-bond donors (Lipinski definition) is 2. The SMILES string of the molecule is O=C(Nc1cccc(Cl)c1)c1cc(NCc2ccccc2Cl)ccn1. The van der Waals surface area contributed by atoms with Crippen LogP contribution in [0.2, 0.25) is 10.0 Å². The van der Waals surface area contributed by atoms with E-state index in [4.69, 9.17) is 23.2 Å². The van der Waals surface area contributed by atoms with E-state index in [1.165, 1.54) is 0 Å². The summed E-state index contributed by atoms with van der Waals surface area (Å²) in [6.07, 6.45) is 1.59. The van der Waals surface area contributed by atoms with Crippen LogP contribution in [0.1, 0.15) is 16.1 Å². The smallest absolute Gasteiger partial charge is 0.274 e. The van der Waals surface area contributed by atoms with Crippen molar-refractivity contribution in [2.45, 2.75) is 6.54 Å². The molecule has 6 heteroatoms. The van der Waals surface area contributed by atoms with Gasteiger partial charge in [0.05, 0.1) is 0 Å². The minimum absolute atomic E-state index is 0.302. The molecule has 0 aliphatic rings. The van der Waals surface area contributed by atoms with Crippen LogP contribution < -0.4 is 10.6 Å². The average Bonchev–Trinajstić information content (AvgIpc) is 2.61. The van der Waals surface area contributed by atoms with Crippen molar-refractivity contribution in [2.75, 3.05) is 10.6 Å². The van der Waals surface area contributed by atoms with Crippen molar-refractivity contribution in [3.05, 3.63) is 88.2 Å². The fourth-order valence-electron chi connectivity index (χ4n) is 2.27.